The van der Waals surface area contributed by atoms with Gasteiger partial charge in [0.05, 0.1) is 0 Å². The van der Waals surface area contributed by atoms with Gasteiger partial charge in [0.1, 0.15) is 5.54 Å². The molecular weight excluding hydrogens is 386 g/mol. The molecule has 3 unspecified atom stereocenters. The summed E-state index contributed by atoms with van der Waals surface area (Å²) in [6, 6.07) is 0. The Hall–Kier alpha value is -0.830. The molecule has 0 aliphatic heterocycles. The van der Waals surface area contributed by atoms with Gasteiger partial charge in [-0.15, -0.1) is 12.6 Å². The lowest BCUT2D eigenvalue weighted by Crippen LogP contribution is -2.20. The van der Waals surface area contributed by atoms with Crippen molar-refractivity contribution in [3.05, 3.63) is 38.7 Å². The molecule has 30 heavy (non-hydrogen) atoms. The molecule has 0 aromatic carbocycles. The predicted octanol–water partition coefficient (Wildman–Crippen LogP) is 9.57. The highest BCUT2D eigenvalue weighted by molar-refractivity contribution is 7.84. The first-order chi connectivity index (χ1) is 14.2. The molecule has 0 aromatic rings. The van der Waals surface area contributed by atoms with Crippen LogP contribution in [0.5, 0.6) is 0 Å². The van der Waals surface area contributed by atoms with Gasteiger partial charge in [-0.2, -0.15) is 4.91 Å². The molecule has 3 heteroatoms. The average Bonchev–Trinajstić information content (AvgIpc) is 2.71. The number of nitrogens with zero attached hydrogens (tertiary/aromatic N) is 1. The average molecular weight is 434 g/mol. The maximum atomic E-state index is 11.3. The third kappa shape index (κ3) is 9.98. The minimum Gasteiger partial charge on any atom is -0.150 e. The third-order valence-corrected chi connectivity index (χ3v) is 7.66. The van der Waals surface area contributed by atoms with E-state index in [0.717, 1.165) is 38.0 Å². The summed E-state index contributed by atoms with van der Waals surface area (Å²) >= 11 is 4.77. The molecule has 0 saturated heterocycles. The fourth-order valence-corrected chi connectivity index (χ4v) is 4.70. The fraction of sp³-hybridized carbons (Fsp3) is 0.778. The molecule has 0 amide bonds. The standard InChI is InChI=1S/C27H47NOS/c1-7-8-9-19-27(6,28-29)20-11-14-21(2)12-10-13-22(3)15-17-25-18-16-23(4)24(5)26(25)30/h14,18,22-23,30H,7-13,15-17,19-20H2,1-6H3/b21-14+. The fourth-order valence-electron chi connectivity index (χ4n) is 4.28. The lowest BCUT2D eigenvalue weighted by atomic mass is 9.87. The molecule has 0 aromatic heterocycles. The summed E-state index contributed by atoms with van der Waals surface area (Å²) in [5.41, 5.74) is 3.99. The zero-order chi connectivity index (χ0) is 22.6. The van der Waals surface area contributed by atoms with Crippen molar-refractivity contribution in [2.45, 2.75) is 124 Å². The van der Waals surface area contributed by atoms with E-state index < -0.39 is 0 Å². The molecule has 0 N–H and O–H groups in total. The maximum Gasteiger partial charge on any atom is 0.100 e. The van der Waals surface area contributed by atoms with Crippen molar-refractivity contribution in [2.24, 2.45) is 17.0 Å². The van der Waals surface area contributed by atoms with Crippen LogP contribution in [0, 0.1) is 16.7 Å². The minimum atomic E-state index is -0.384. The van der Waals surface area contributed by atoms with Crippen LogP contribution < -0.4 is 0 Å². The second-order valence-electron chi connectivity index (χ2n) is 10.1. The summed E-state index contributed by atoms with van der Waals surface area (Å²) in [6.45, 7) is 13.4. The van der Waals surface area contributed by atoms with E-state index in [2.05, 4.69) is 51.9 Å². The third-order valence-electron chi connectivity index (χ3n) is 7.02. The lowest BCUT2D eigenvalue weighted by molar-refractivity contribution is 0.386. The smallest absolute Gasteiger partial charge is 0.100 e. The summed E-state index contributed by atoms with van der Waals surface area (Å²) in [5, 5.41) is 3.45. The van der Waals surface area contributed by atoms with Crippen molar-refractivity contribution in [3.63, 3.8) is 0 Å². The summed E-state index contributed by atoms with van der Waals surface area (Å²) in [6.07, 6.45) is 18.3. The number of hydrogen-bond donors (Lipinski definition) is 1. The quantitative estimate of drug-likeness (QED) is 0.118. The minimum absolute atomic E-state index is 0.384. The van der Waals surface area contributed by atoms with Gasteiger partial charge >= 0.3 is 0 Å². The number of rotatable bonds is 15. The van der Waals surface area contributed by atoms with Gasteiger partial charge < -0.3 is 0 Å². The van der Waals surface area contributed by atoms with Gasteiger partial charge in [-0.3, -0.25) is 0 Å². The molecule has 0 radical (unpaired) electrons. The van der Waals surface area contributed by atoms with Crippen molar-refractivity contribution in [3.8, 4) is 0 Å². The molecule has 1 rings (SSSR count). The summed E-state index contributed by atoms with van der Waals surface area (Å²) in [4.78, 5) is 12.5. The largest absolute Gasteiger partial charge is 0.150 e. The first kappa shape index (κ1) is 27.2. The molecule has 3 atom stereocenters. The predicted molar refractivity (Wildman–Crippen MR) is 137 cm³/mol. The van der Waals surface area contributed by atoms with Crippen LogP contribution in [0.3, 0.4) is 0 Å². The normalized spacial score (nSPS) is 20.7. The van der Waals surface area contributed by atoms with Crippen LogP contribution >= 0.6 is 12.6 Å². The van der Waals surface area contributed by atoms with Crippen molar-refractivity contribution in [1.82, 2.24) is 0 Å². The highest BCUT2D eigenvalue weighted by Gasteiger charge is 2.23. The first-order valence-electron chi connectivity index (χ1n) is 12.3. The second kappa shape index (κ2) is 14.3. The monoisotopic (exact) mass is 433 g/mol. The lowest BCUT2D eigenvalue weighted by Gasteiger charge is -2.22. The number of thiol groups is 1. The van der Waals surface area contributed by atoms with E-state index in [0.29, 0.717) is 5.92 Å². The van der Waals surface area contributed by atoms with E-state index in [1.165, 1.54) is 66.6 Å². The van der Waals surface area contributed by atoms with Gasteiger partial charge in [-0.05, 0) is 89.5 Å². The zero-order valence-corrected chi connectivity index (χ0v) is 21.5. The molecule has 0 fully saturated rings. The van der Waals surface area contributed by atoms with Gasteiger partial charge in [0.2, 0.25) is 0 Å². The van der Waals surface area contributed by atoms with Crippen molar-refractivity contribution in [2.75, 3.05) is 0 Å². The molecule has 0 bridgehead atoms. The molecule has 0 heterocycles. The van der Waals surface area contributed by atoms with Gasteiger partial charge in [0, 0.05) is 4.91 Å². The van der Waals surface area contributed by atoms with E-state index in [-0.39, 0.29) is 5.54 Å². The Labute approximate surface area is 192 Å². The van der Waals surface area contributed by atoms with Crippen LogP contribution in [0.15, 0.2) is 39.0 Å². The van der Waals surface area contributed by atoms with Crippen LogP contribution in [0.2, 0.25) is 0 Å². The summed E-state index contributed by atoms with van der Waals surface area (Å²) < 4.78 is 0. The van der Waals surface area contributed by atoms with E-state index in [1.54, 1.807) is 0 Å². The van der Waals surface area contributed by atoms with Gasteiger partial charge in [-0.25, -0.2) is 0 Å². The Balaban J connectivity index is 2.28. The van der Waals surface area contributed by atoms with Gasteiger partial charge in [0.15, 0.2) is 0 Å². The van der Waals surface area contributed by atoms with Crippen LogP contribution in [0.4, 0.5) is 0 Å². The Bertz CT molecular complexity index is 618. The number of nitroso groups, excluding NO2 is 1. The number of allylic oxidation sites excluding steroid dienone is 5. The summed E-state index contributed by atoms with van der Waals surface area (Å²) in [7, 11) is 0. The molecule has 0 spiro atoms. The van der Waals surface area contributed by atoms with Crippen LogP contribution in [0.25, 0.3) is 0 Å². The molecule has 1 aliphatic carbocycles. The van der Waals surface area contributed by atoms with Crippen LogP contribution in [-0.2, 0) is 0 Å². The molecular formula is C27H47NOS. The first-order valence-corrected chi connectivity index (χ1v) is 12.8. The highest BCUT2D eigenvalue weighted by atomic mass is 32.1. The molecule has 2 nitrogen and oxygen atoms in total. The highest BCUT2D eigenvalue weighted by Crippen LogP contribution is 2.35. The Morgan fingerprint density at radius 3 is 2.70 bits per heavy atom. The Kier molecular flexibility index (Phi) is 12.9. The van der Waals surface area contributed by atoms with Gasteiger partial charge in [0.25, 0.3) is 0 Å². The van der Waals surface area contributed by atoms with Gasteiger partial charge in [-0.1, -0.05) is 74.9 Å². The number of unbranched alkanes of at least 4 members (excludes halogenated alkanes) is 2. The molecule has 0 saturated carbocycles. The van der Waals surface area contributed by atoms with Crippen LogP contribution in [0.1, 0.15) is 119 Å². The van der Waals surface area contributed by atoms with E-state index >= 15 is 0 Å². The van der Waals surface area contributed by atoms with E-state index in [4.69, 9.17) is 12.6 Å². The maximum absolute atomic E-state index is 11.3. The van der Waals surface area contributed by atoms with Crippen molar-refractivity contribution in [1.29, 1.82) is 0 Å². The van der Waals surface area contributed by atoms with Crippen LogP contribution in [-0.4, -0.2) is 5.54 Å². The Morgan fingerprint density at radius 2 is 2.03 bits per heavy atom. The van der Waals surface area contributed by atoms with E-state index in [1.807, 2.05) is 6.92 Å². The molecule has 172 valence electrons. The summed E-state index contributed by atoms with van der Waals surface area (Å²) in [5.74, 6) is 1.39. The van der Waals surface area contributed by atoms with E-state index in [9.17, 15) is 4.91 Å². The topological polar surface area (TPSA) is 29.4 Å². The van der Waals surface area contributed by atoms with Crippen molar-refractivity contribution < 1.29 is 0 Å². The Morgan fingerprint density at radius 1 is 1.30 bits per heavy atom. The van der Waals surface area contributed by atoms with Crippen molar-refractivity contribution >= 4 is 12.6 Å². The SMILES string of the molecule is CCCCCC(C)(CC/C=C(\C)CCCC(C)CCC1=CCC(C)C(C)=C1S)N=O. The second-order valence-corrected chi connectivity index (χ2v) is 10.5. The zero-order valence-electron chi connectivity index (χ0n) is 20.6. The number of hydrogen-bond acceptors (Lipinski definition) is 3. The molecule has 1 aliphatic rings.